The van der Waals surface area contributed by atoms with Crippen molar-refractivity contribution in [1.29, 1.82) is 5.41 Å². The molecule has 10 heteroatoms. The topological polar surface area (TPSA) is 135 Å². The van der Waals surface area contributed by atoms with E-state index in [-0.39, 0.29) is 18.1 Å². The lowest BCUT2D eigenvalue weighted by atomic mass is 10.2. The van der Waals surface area contributed by atoms with E-state index in [0.29, 0.717) is 25.8 Å². The molecule has 0 aromatic rings. The van der Waals surface area contributed by atoms with E-state index in [1.165, 1.54) is 11.1 Å². The van der Waals surface area contributed by atoms with E-state index < -0.39 is 22.5 Å². The molecule has 122 valence electrons. The molecule has 22 heavy (non-hydrogen) atoms. The molecular weight excluding hydrogens is 333 g/mol. The standard InChI is InChI=1S/C12H17Cl2N5O3/c13-9(16)8(15)10(17)18-4-2-6-22-11(20)7-3-1-5-19(7)12(14)21/h4,7,16H,1-3,5-6,15,17H2/b10-8+,16-9?,18-4-. The number of halogens is 2. The van der Waals surface area contributed by atoms with Crippen molar-refractivity contribution in [3.8, 4) is 0 Å². The van der Waals surface area contributed by atoms with Gasteiger partial charge in [-0.2, -0.15) is 0 Å². The molecule has 8 nitrogen and oxygen atoms in total. The SMILES string of the molecule is N=C(Cl)/C(N)=C(N)\N=C/CCOC(=O)C1CCCN1C(=O)Cl. The van der Waals surface area contributed by atoms with Gasteiger partial charge in [0.1, 0.15) is 22.7 Å². The van der Waals surface area contributed by atoms with Gasteiger partial charge in [0.2, 0.25) is 0 Å². The Morgan fingerprint density at radius 3 is 2.68 bits per heavy atom. The predicted molar refractivity (Wildman–Crippen MR) is 84.0 cm³/mol. The van der Waals surface area contributed by atoms with Crippen molar-refractivity contribution < 1.29 is 14.3 Å². The molecule has 1 aliphatic rings. The van der Waals surface area contributed by atoms with E-state index in [0.717, 1.165) is 0 Å². The number of amides is 1. The Hall–Kier alpha value is -1.80. The summed E-state index contributed by atoms with van der Waals surface area (Å²) in [5.41, 5.74) is 10.7. The zero-order valence-corrected chi connectivity index (χ0v) is 13.2. The van der Waals surface area contributed by atoms with E-state index in [1.807, 2.05) is 0 Å². The lowest BCUT2D eigenvalue weighted by Crippen LogP contribution is -2.38. The quantitative estimate of drug-likeness (QED) is 0.217. The van der Waals surface area contributed by atoms with Crippen molar-refractivity contribution in [1.82, 2.24) is 4.90 Å². The Kier molecular flexibility index (Phi) is 7.13. The lowest BCUT2D eigenvalue weighted by molar-refractivity contribution is -0.147. The van der Waals surface area contributed by atoms with Crippen LogP contribution in [0.2, 0.25) is 0 Å². The molecule has 5 N–H and O–H groups in total. The summed E-state index contributed by atoms with van der Waals surface area (Å²) in [5, 5.41) is 6.02. The Balaban J connectivity index is 2.39. The molecule has 1 fully saturated rings. The van der Waals surface area contributed by atoms with E-state index in [1.54, 1.807) is 0 Å². The molecule has 1 saturated heterocycles. The third kappa shape index (κ3) is 5.19. The van der Waals surface area contributed by atoms with E-state index in [9.17, 15) is 9.59 Å². The number of hydrogen-bond acceptors (Lipinski definition) is 7. The normalized spacial score (nSPS) is 19.2. The van der Waals surface area contributed by atoms with Gasteiger partial charge < -0.3 is 21.1 Å². The maximum atomic E-state index is 11.8. The van der Waals surface area contributed by atoms with Crippen molar-refractivity contribution in [3.05, 3.63) is 11.5 Å². The van der Waals surface area contributed by atoms with Gasteiger partial charge in [-0.25, -0.2) is 9.79 Å². The highest BCUT2D eigenvalue weighted by atomic mass is 35.5. The van der Waals surface area contributed by atoms with Crippen LogP contribution in [0.1, 0.15) is 19.3 Å². The number of carbonyl (C=O) groups excluding carboxylic acids is 2. The van der Waals surface area contributed by atoms with Gasteiger partial charge in [-0.15, -0.1) is 0 Å². The number of likely N-dealkylation sites (tertiary alicyclic amines) is 1. The average molecular weight is 350 g/mol. The van der Waals surface area contributed by atoms with Crippen LogP contribution in [-0.4, -0.2) is 46.8 Å². The summed E-state index contributed by atoms with van der Waals surface area (Å²) in [6.45, 7) is 0.531. The van der Waals surface area contributed by atoms with Crippen LogP contribution in [0.4, 0.5) is 4.79 Å². The summed E-state index contributed by atoms with van der Waals surface area (Å²) in [7, 11) is 0. The Morgan fingerprint density at radius 2 is 2.09 bits per heavy atom. The Morgan fingerprint density at radius 1 is 1.41 bits per heavy atom. The third-order valence-corrected chi connectivity index (χ3v) is 3.41. The van der Waals surface area contributed by atoms with Crippen molar-refractivity contribution in [3.63, 3.8) is 0 Å². The first-order chi connectivity index (χ1) is 10.3. The van der Waals surface area contributed by atoms with E-state index in [2.05, 4.69) is 4.99 Å². The number of hydrogen-bond donors (Lipinski definition) is 3. The minimum atomic E-state index is -0.655. The smallest absolute Gasteiger partial charge is 0.328 e. The number of aliphatic imine (C=N–C) groups is 1. The summed E-state index contributed by atoms with van der Waals surface area (Å²) in [5.74, 6) is -0.577. The molecule has 1 atom stereocenters. The zero-order valence-electron chi connectivity index (χ0n) is 11.7. The number of carbonyl (C=O) groups is 2. The number of nitrogens with two attached hydrogens (primary N) is 2. The molecule has 1 unspecified atom stereocenters. The highest BCUT2D eigenvalue weighted by Crippen LogP contribution is 2.20. The molecule has 1 rings (SSSR count). The fraction of sp³-hybridized carbons (Fsp3) is 0.500. The second kappa shape index (κ2) is 8.60. The summed E-state index contributed by atoms with van der Waals surface area (Å²) in [4.78, 5) is 28.0. The number of ether oxygens (including phenoxy) is 1. The van der Waals surface area contributed by atoms with Crippen molar-refractivity contribution in [2.75, 3.05) is 13.2 Å². The summed E-state index contributed by atoms with van der Waals surface area (Å²) in [6, 6.07) is -0.626. The van der Waals surface area contributed by atoms with Crippen LogP contribution in [0.5, 0.6) is 0 Å². The summed E-state index contributed by atoms with van der Waals surface area (Å²) in [6.07, 6.45) is 2.95. The van der Waals surface area contributed by atoms with Crippen LogP contribution in [0.15, 0.2) is 16.5 Å². The maximum absolute atomic E-state index is 11.8. The molecule has 0 saturated carbocycles. The van der Waals surface area contributed by atoms with Crippen LogP contribution >= 0.6 is 23.2 Å². The fourth-order valence-corrected chi connectivity index (χ4v) is 2.17. The first-order valence-corrected chi connectivity index (χ1v) is 7.25. The highest BCUT2D eigenvalue weighted by molar-refractivity contribution is 6.68. The number of esters is 1. The summed E-state index contributed by atoms with van der Waals surface area (Å²) >= 11 is 10.7. The summed E-state index contributed by atoms with van der Waals surface area (Å²) < 4.78 is 5.06. The van der Waals surface area contributed by atoms with Gasteiger partial charge in [0, 0.05) is 19.2 Å². The van der Waals surface area contributed by atoms with Gasteiger partial charge in [0.05, 0.1) is 6.61 Å². The van der Waals surface area contributed by atoms with Gasteiger partial charge in [0.25, 0.3) is 0 Å². The predicted octanol–water partition coefficient (Wildman–Crippen LogP) is 1.12. The zero-order chi connectivity index (χ0) is 16.7. The van der Waals surface area contributed by atoms with Crippen molar-refractivity contribution in [2.24, 2.45) is 16.5 Å². The molecule has 0 aromatic heterocycles. The first kappa shape index (κ1) is 18.2. The van der Waals surface area contributed by atoms with Gasteiger partial charge in [-0.05, 0) is 24.4 Å². The average Bonchev–Trinajstić information content (AvgIpc) is 2.95. The van der Waals surface area contributed by atoms with Crippen LogP contribution in [0.25, 0.3) is 0 Å². The molecule has 1 aliphatic heterocycles. The Bertz CT molecular complexity index is 521. The molecule has 0 aliphatic carbocycles. The second-order valence-corrected chi connectivity index (χ2v) is 5.19. The monoisotopic (exact) mass is 349 g/mol. The third-order valence-electron chi connectivity index (χ3n) is 2.98. The van der Waals surface area contributed by atoms with Crippen molar-refractivity contribution >= 4 is 45.9 Å². The number of nitrogens with one attached hydrogen (secondary N) is 1. The maximum Gasteiger partial charge on any atom is 0.328 e. The van der Waals surface area contributed by atoms with Crippen LogP contribution < -0.4 is 11.5 Å². The molecule has 0 spiro atoms. The molecule has 1 heterocycles. The van der Waals surface area contributed by atoms with Gasteiger partial charge in [-0.1, -0.05) is 11.6 Å². The van der Waals surface area contributed by atoms with Gasteiger partial charge in [0.15, 0.2) is 0 Å². The molecule has 0 bridgehead atoms. The fourth-order valence-electron chi connectivity index (χ4n) is 1.88. The highest BCUT2D eigenvalue weighted by Gasteiger charge is 2.34. The van der Waals surface area contributed by atoms with Gasteiger partial charge in [-0.3, -0.25) is 10.2 Å². The van der Waals surface area contributed by atoms with Crippen LogP contribution in [0.3, 0.4) is 0 Å². The van der Waals surface area contributed by atoms with Crippen molar-refractivity contribution in [2.45, 2.75) is 25.3 Å². The number of allylic oxidation sites excluding steroid dienone is 1. The van der Waals surface area contributed by atoms with E-state index >= 15 is 0 Å². The molecule has 0 radical (unpaired) electrons. The van der Waals surface area contributed by atoms with E-state index in [4.69, 9.17) is 44.8 Å². The van der Waals surface area contributed by atoms with Crippen LogP contribution in [-0.2, 0) is 9.53 Å². The first-order valence-electron chi connectivity index (χ1n) is 6.49. The Labute approximate surface area is 137 Å². The lowest BCUT2D eigenvalue weighted by Gasteiger charge is -2.20. The molecule has 1 amide bonds. The number of nitrogens with zero attached hydrogens (tertiary/aromatic N) is 2. The van der Waals surface area contributed by atoms with Gasteiger partial charge >= 0.3 is 11.3 Å². The minimum Gasteiger partial charge on any atom is -0.464 e. The molecular formula is C12H17Cl2N5O3. The van der Waals surface area contributed by atoms with Crippen LogP contribution in [0, 0.1) is 5.41 Å². The minimum absolute atomic E-state index is 0.0780. The second-order valence-electron chi connectivity index (χ2n) is 4.49. The largest absolute Gasteiger partial charge is 0.464 e. The number of rotatable bonds is 6. The molecule has 0 aromatic carbocycles.